The van der Waals surface area contributed by atoms with Gasteiger partial charge < -0.3 is 16.0 Å². The summed E-state index contributed by atoms with van der Waals surface area (Å²) in [6.07, 6.45) is 3.92. The van der Waals surface area contributed by atoms with Crippen molar-refractivity contribution in [3.05, 3.63) is 23.8 Å². The Morgan fingerprint density at radius 1 is 1.33 bits per heavy atom. The average molecular weight is 247 g/mol. The lowest BCUT2D eigenvalue weighted by molar-refractivity contribution is 0.215. The zero-order valence-corrected chi connectivity index (χ0v) is 11.6. The van der Waals surface area contributed by atoms with Gasteiger partial charge in [0, 0.05) is 6.54 Å². The van der Waals surface area contributed by atoms with Crippen LogP contribution in [0.2, 0.25) is 0 Å². The maximum absolute atomic E-state index is 5.99. The lowest BCUT2D eigenvalue weighted by Gasteiger charge is -2.29. The number of benzene rings is 1. The highest BCUT2D eigenvalue weighted by molar-refractivity contribution is 5.69. The van der Waals surface area contributed by atoms with Crippen molar-refractivity contribution >= 4 is 11.4 Å². The Bertz CT molecular complexity index is 361. The van der Waals surface area contributed by atoms with Gasteiger partial charge in [-0.05, 0) is 63.9 Å². The number of rotatable bonds is 4. The molecule has 0 unspecified atom stereocenters. The second kappa shape index (κ2) is 6.10. The zero-order valence-electron chi connectivity index (χ0n) is 11.6. The third kappa shape index (κ3) is 3.39. The van der Waals surface area contributed by atoms with Crippen molar-refractivity contribution in [2.75, 3.05) is 37.7 Å². The number of nitrogens with two attached hydrogens (primary N) is 1. The molecule has 0 aromatic heterocycles. The van der Waals surface area contributed by atoms with Crippen LogP contribution in [0.1, 0.15) is 24.8 Å². The smallest absolute Gasteiger partial charge is 0.0603 e. The van der Waals surface area contributed by atoms with Gasteiger partial charge in [0.1, 0.15) is 0 Å². The highest BCUT2D eigenvalue weighted by Crippen LogP contribution is 2.24. The zero-order chi connectivity index (χ0) is 13.0. The molecule has 3 N–H and O–H groups in total. The molecule has 3 nitrogen and oxygen atoms in total. The first-order valence-corrected chi connectivity index (χ1v) is 6.94. The quantitative estimate of drug-likeness (QED) is 0.804. The van der Waals surface area contributed by atoms with Gasteiger partial charge in [0.2, 0.25) is 0 Å². The van der Waals surface area contributed by atoms with Crippen LogP contribution in [0.25, 0.3) is 0 Å². The van der Waals surface area contributed by atoms with Gasteiger partial charge in [-0.2, -0.15) is 0 Å². The Hall–Kier alpha value is -1.22. The minimum Gasteiger partial charge on any atom is -0.397 e. The standard InChI is InChI=1S/C15H25N3/c1-12-4-3-5-14(16)15(12)17-9-6-13-7-10-18(2)11-8-13/h3-5,13,17H,6-11,16H2,1-2H3. The van der Waals surface area contributed by atoms with Crippen LogP contribution >= 0.6 is 0 Å². The molecule has 2 rings (SSSR count). The van der Waals surface area contributed by atoms with E-state index >= 15 is 0 Å². The van der Waals surface area contributed by atoms with Crippen LogP contribution in [0.4, 0.5) is 11.4 Å². The third-order valence-electron chi connectivity index (χ3n) is 4.00. The number of piperidine rings is 1. The van der Waals surface area contributed by atoms with Gasteiger partial charge in [-0.25, -0.2) is 0 Å². The number of hydrogen-bond donors (Lipinski definition) is 2. The van der Waals surface area contributed by atoms with Gasteiger partial charge in [-0.1, -0.05) is 12.1 Å². The number of hydrogen-bond acceptors (Lipinski definition) is 3. The summed E-state index contributed by atoms with van der Waals surface area (Å²) in [5, 5.41) is 3.50. The summed E-state index contributed by atoms with van der Waals surface area (Å²) in [6.45, 7) is 5.63. The monoisotopic (exact) mass is 247 g/mol. The summed E-state index contributed by atoms with van der Waals surface area (Å²) in [6, 6.07) is 6.08. The van der Waals surface area contributed by atoms with E-state index in [1.165, 1.54) is 37.9 Å². The van der Waals surface area contributed by atoms with Crippen LogP contribution in [0.5, 0.6) is 0 Å². The summed E-state index contributed by atoms with van der Waals surface area (Å²) in [5.74, 6) is 0.874. The average Bonchev–Trinajstić information content (AvgIpc) is 2.35. The van der Waals surface area contributed by atoms with Crippen molar-refractivity contribution in [2.24, 2.45) is 5.92 Å². The van der Waals surface area contributed by atoms with Gasteiger partial charge in [-0.3, -0.25) is 0 Å². The van der Waals surface area contributed by atoms with Crippen LogP contribution in [0.15, 0.2) is 18.2 Å². The molecule has 18 heavy (non-hydrogen) atoms. The predicted octanol–water partition coefficient (Wildman–Crippen LogP) is 2.72. The topological polar surface area (TPSA) is 41.3 Å². The molecule has 1 heterocycles. The molecule has 1 saturated heterocycles. The summed E-state index contributed by atoms with van der Waals surface area (Å²) in [7, 11) is 2.21. The number of nitrogen functional groups attached to an aromatic ring is 1. The van der Waals surface area contributed by atoms with Gasteiger partial charge in [0.25, 0.3) is 0 Å². The highest BCUT2D eigenvalue weighted by atomic mass is 15.1. The second-order valence-corrected chi connectivity index (χ2v) is 5.50. The number of likely N-dealkylation sites (tertiary alicyclic amines) is 1. The summed E-state index contributed by atoms with van der Waals surface area (Å²) >= 11 is 0. The van der Waals surface area contributed by atoms with E-state index in [-0.39, 0.29) is 0 Å². The fraction of sp³-hybridized carbons (Fsp3) is 0.600. The molecule has 0 bridgehead atoms. The van der Waals surface area contributed by atoms with E-state index in [1.807, 2.05) is 12.1 Å². The maximum Gasteiger partial charge on any atom is 0.0603 e. The molecule has 1 aliphatic rings. The number of aryl methyl sites for hydroxylation is 1. The molecule has 1 aliphatic heterocycles. The molecule has 100 valence electrons. The lowest BCUT2D eigenvalue weighted by Crippen LogP contribution is -2.30. The van der Waals surface area contributed by atoms with Crippen LogP contribution in [0, 0.1) is 12.8 Å². The predicted molar refractivity (Wildman–Crippen MR) is 78.9 cm³/mol. The maximum atomic E-state index is 5.99. The SMILES string of the molecule is Cc1cccc(N)c1NCCC1CCN(C)CC1. The number of nitrogens with zero attached hydrogens (tertiary/aromatic N) is 1. The van der Waals surface area contributed by atoms with Gasteiger partial charge in [0.05, 0.1) is 11.4 Å². The van der Waals surface area contributed by atoms with Crippen LogP contribution < -0.4 is 11.1 Å². The first kappa shape index (κ1) is 13.2. The molecule has 0 atom stereocenters. The van der Waals surface area contributed by atoms with Crippen molar-refractivity contribution < 1.29 is 0 Å². The molecule has 0 radical (unpaired) electrons. The number of para-hydroxylation sites is 1. The first-order chi connectivity index (χ1) is 8.66. The normalized spacial score (nSPS) is 17.9. The Morgan fingerprint density at radius 2 is 2.06 bits per heavy atom. The highest BCUT2D eigenvalue weighted by Gasteiger charge is 2.16. The molecule has 0 amide bonds. The summed E-state index contributed by atoms with van der Waals surface area (Å²) in [5.41, 5.74) is 9.20. The molecular weight excluding hydrogens is 222 g/mol. The van der Waals surface area contributed by atoms with E-state index in [1.54, 1.807) is 0 Å². The fourth-order valence-corrected chi connectivity index (χ4v) is 2.68. The van der Waals surface area contributed by atoms with Gasteiger partial charge in [-0.15, -0.1) is 0 Å². The van der Waals surface area contributed by atoms with E-state index in [2.05, 4.69) is 30.3 Å². The largest absolute Gasteiger partial charge is 0.397 e. The van der Waals surface area contributed by atoms with Crippen molar-refractivity contribution in [3.63, 3.8) is 0 Å². The van der Waals surface area contributed by atoms with Crippen molar-refractivity contribution in [2.45, 2.75) is 26.2 Å². The Balaban J connectivity index is 1.78. The van der Waals surface area contributed by atoms with Crippen LogP contribution in [-0.4, -0.2) is 31.6 Å². The minimum atomic E-state index is 0.860. The van der Waals surface area contributed by atoms with E-state index in [0.717, 1.165) is 23.8 Å². The Labute approximate surface area is 110 Å². The van der Waals surface area contributed by atoms with E-state index in [4.69, 9.17) is 5.73 Å². The first-order valence-electron chi connectivity index (χ1n) is 6.94. The number of nitrogens with one attached hydrogen (secondary N) is 1. The van der Waals surface area contributed by atoms with Crippen molar-refractivity contribution in [1.29, 1.82) is 0 Å². The molecular formula is C15H25N3. The van der Waals surface area contributed by atoms with Crippen molar-refractivity contribution in [3.8, 4) is 0 Å². The Morgan fingerprint density at radius 3 is 2.72 bits per heavy atom. The van der Waals surface area contributed by atoms with Gasteiger partial charge >= 0.3 is 0 Å². The van der Waals surface area contributed by atoms with Gasteiger partial charge in [0.15, 0.2) is 0 Å². The molecule has 3 heteroatoms. The number of anilines is 2. The summed E-state index contributed by atoms with van der Waals surface area (Å²) in [4.78, 5) is 2.42. The molecule has 0 spiro atoms. The minimum absolute atomic E-state index is 0.860. The molecule has 0 saturated carbocycles. The van der Waals surface area contributed by atoms with Crippen molar-refractivity contribution in [1.82, 2.24) is 4.90 Å². The second-order valence-electron chi connectivity index (χ2n) is 5.50. The molecule has 0 aliphatic carbocycles. The van der Waals surface area contributed by atoms with Crippen LogP contribution in [0.3, 0.4) is 0 Å². The lowest BCUT2D eigenvalue weighted by atomic mass is 9.94. The molecule has 1 fully saturated rings. The Kier molecular flexibility index (Phi) is 4.48. The molecule has 1 aromatic carbocycles. The fourth-order valence-electron chi connectivity index (χ4n) is 2.68. The van der Waals surface area contributed by atoms with E-state index in [0.29, 0.717) is 0 Å². The van der Waals surface area contributed by atoms with E-state index < -0.39 is 0 Å². The van der Waals surface area contributed by atoms with Crippen LogP contribution in [-0.2, 0) is 0 Å². The van der Waals surface area contributed by atoms with E-state index in [9.17, 15) is 0 Å². The molecule has 1 aromatic rings. The third-order valence-corrected chi connectivity index (χ3v) is 4.00. The summed E-state index contributed by atoms with van der Waals surface area (Å²) < 4.78 is 0.